The van der Waals surface area contributed by atoms with E-state index in [0.717, 1.165) is 43.8 Å². The first-order valence-corrected chi connectivity index (χ1v) is 9.33. The molecule has 0 radical (unpaired) electrons. The molecule has 0 unspecified atom stereocenters. The van der Waals surface area contributed by atoms with Crippen molar-refractivity contribution in [3.8, 4) is 17.2 Å². The monoisotopic (exact) mass is 418 g/mol. The summed E-state index contributed by atoms with van der Waals surface area (Å²) in [5.41, 5.74) is 5.75. The number of rotatable bonds is 2. The Hall–Kier alpha value is -3.06. The van der Waals surface area contributed by atoms with Crippen molar-refractivity contribution >= 4 is 32.6 Å². The van der Waals surface area contributed by atoms with E-state index in [1.807, 2.05) is 30.3 Å². The number of benzene rings is 1. The average Bonchev–Trinajstić information content (AvgIpc) is 3.23. The van der Waals surface area contributed by atoms with Gasteiger partial charge in [0.2, 0.25) is 5.82 Å². The van der Waals surface area contributed by atoms with Gasteiger partial charge in [0.25, 0.3) is 0 Å². The summed E-state index contributed by atoms with van der Waals surface area (Å²) in [6.45, 7) is 4.20. The number of halogens is 1. The Morgan fingerprint density at radius 1 is 0.926 bits per heavy atom. The van der Waals surface area contributed by atoms with Crippen molar-refractivity contribution in [1.82, 2.24) is 29.1 Å². The summed E-state index contributed by atoms with van der Waals surface area (Å²) in [6.07, 6.45) is 3.46. The van der Waals surface area contributed by atoms with Gasteiger partial charge in [-0.15, -0.1) is 5.10 Å². The second kappa shape index (κ2) is 5.99. The molecule has 0 aliphatic rings. The zero-order valence-corrected chi connectivity index (χ0v) is 16.3. The number of hydrogen-bond donors (Lipinski definition) is 0. The standard InChI is InChI=1S/C20H15BrN6/c1-12-13(2)27(15-8-6-14(21)7-9-15)19-17(12)20-24-18(25-26(20)11-23-19)16-5-3-4-10-22-16/h3-11H,1-2H3. The van der Waals surface area contributed by atoms with Crippen LogP contribution in [0.2, 0.25) is 0 Å². The third-order valence-electron chi connectivity index (χ3n) is 4.81. The van der Waals surface area contributed by atoms with Crippen molar-refractivity contribution in [2.75, 3.05) is 0 Å². The van der Waals surface area contributed by atoms with Gasteiger partial charge in [0.15, 0.2) is 11.3 Å². The maximum absolute atomic E-state index is 4.76. The van der Waals surface area contributed by atoms with E-state index in [1.54, 1.807) is 17.0 Å². The Kier molecular flexibility index (Phi) is 3.58. The van der Waals surface area contributed by atoms with Gasteiger partial charge in [-0.3, -0.25) is 9.55 Å². The Balaban J connectivity index is 1.80. The van der Waals surface area contributed by atoms with Crippen molar-refractivity contribution in [2.45, 2.75) is 13.8 Å². The first-order valence-electron chi connectivity index (χ1n) is 8.54. The minimum atomic E-state index is 0.596. The molecule has 0 aliphatic heterocycles. The van der Waals surface area contributed by atoms with Gasteiger partial charge >= 0.3 is 0 Å². The highest BCUT2D eigenvalue weighted by molar-refractivity contribution is 9.10. The molecular formula is C20H15BrN6. The SMILES string of the molecule is Cc1c(C)n(-c2ccc(Br)cc2)c2ncn3nc(-c4ccccn4)nc3c12. The Morgan fingerprint density at radius 3 is 2.48 bits per heavy atom. The third-order valence-corrected chi connectivity index (χ3v) is 5.34. The van der Waals surface area contributed by atoms with Crippen LogP contribution in [0.4, 0.5) is 0 Å². The minimum Gasteiger partial charge on any atom is -0.298 e. The van der Waals surface area contributed by atoms with Crippen LogP contribution in [0.3, 0.4) is 0 Å². The van der Waals surface area contributed by atoms with Crippen LogP contribution in [0.25, 0.3) is 33.9 Å². The van der Waals surface area contributed by atoms with Gasteiger partial charge < -0.3 is 0 Å². The molecule has 0 bridgehead atoms. The van der Waals surface area contributed by atoms with E-state index in [-0.39, 0.29) is 0 Å². The van der Waals surface area contributed by atoms with Crippen LogP contribution in [0.5, 0.6) is 0 Å². The van der Waals surface area contributed by atoms with Gasteiger partial charge in [0.1, 0.15) is 12.0 Å². The van der Waals surface area contributed by atoms with E-state index in [4.69, 9.17) is 4.98 Å². The molecule has 4 heterocycles. The summed E-state index contributed by atoms with van der Waals surface area (Å²) >= 11 is 3.50. The molecule has 27 heavy (non-hydrogen) atoms. The van der Waals surface area contributed by atoms with Crippen molar-refractivity contribution in [1.29, 1.82) is 0 Å². The highest BCUT2D eigenvalue weighted by atomic mass is 79.9. The summed E-state index contributed by atoms with van der Waals surface area (Å²) in [7, 11) is 0. The molecule has 0 amide bonds. The van der Waals surface area contributed by atoms with Crippen molar-refractivity contribution in [3.63, 3.8) is 0 Å². The zero-order chi connectivity index (χ0) is 18.5. The molecule has 0 N–H and O–H groups in total. The molecule has 0 saturated carbocycles. The normalized spacial score (nSPS) is 11.5. The second-order valence-corrected chi connectivity index (χ2v) is 7.30. The van der Waals surface area contributed by atoms with Crippen molar-refractivity contribution in [3.05, 3.63) is 70.7 Å². The van der Waals surface area contributed by atoms with E-state index in [1.165, 1.54) is 0 Å². The topological polar surface area (TPSA) is 60.9 Å². The lowest BCUT2D eigenvalue weighted by Gasteiger charge is -2.07. The summed E-state index contributed by atoms with van der Waals surface area (Å²) in [5, 5.41) is 5.57. The van der Waals surface area contributed by atoms with Crippen LogP contribution in [0.15, 0.2) is 59.5 Å². The van der Waals surface area contributed by atoms with Crippen LogP contribution >= 0.6 is 15.9 Å². The fourth-order valence-electron chi connectivity index (χ4n) is 3.37. The lowest BCUT2D eigenvalue weighted by molar-refractivity contribution is 0.924. The molecule has 0 spiro atoms. The summed E-state index contributed by atoms with van der Waals surface area (Å²) in [6, 6.07) is 13.9. The zero-order valence-electron chi connectivity index (χ0n) is 14.8. The van der Waals surface area contributed by atoms with Crippen LogP contribution < -0.4 is 0 Å². The van der Waals surface area contributed by atoms with Gasteiger partial charge in [0.05, 0.1) is 5.39 Å². The van der Waals surface area contributed by atoms with E-state index >= 15 is 0 Å². The molecule has 7 heteroatoms. The highest BCUT2D eigenvalue weighted by Crippen LogP contribution is 2.30. The first-order chi connectivity index (χ1) is 13.1. The maximum atomic E-state index is 4.76. The summed E-state index contributed by atoms with van der Waals surface area (Å²) in [5.74, 6) is 0.596. The highest BCUT2D eigenvalue weighted by Gasteiger charge is 2.19. The summed E-state index contributed by atoms with van der Waals surface area (Å²) in [4.78, 5) is 13.8. The molecule has 1 aromatic carbocycles. The fraction of sp³-hybridized carbons (Fsp3) is 0.100. The second-order valence-electron chi connectivity index (χ2n) is 6.38. The number of fused-ring (bicyclic) bond motifs is 3. The van der Waals surface area contributed by atoms with Gasteiger partial charge in [-0.25, -0.2) is 14.5 Å². The molecular weight excluding hydrogens is 404 g/mol. The molecule has 5 aromatic rings. The molecule has 0 atom stereocenters. The molecule has 6 nitrogen and oxygen atoms in total. The number of aromatic nitrogens is 6. The molecule has 5 rings (SSSR count). The van der Waals surface area contributed by atoms with E-state index < -0.39 is 0 Å². The Labute approximate surface area is 163 Å². The fourth-order valence-corrected chi connectivity index (χ4v) is 3.63. The molecule has 4 aromatic heterocycles. The Morgan fingerprint density at radius 2 is 1.74 bits per heavy atom. The smallest absolute Gasteiger partial charge is 0.200 e. The van der Waals surface area contributed by atoms with Crippen LogP contribution in [0, 0.1) is 13.8 Å². The van der Waals surface area contributed by atoms with Gasteiger partial charge in [-0.05, 0) is 55.8 Å². The van der Waals surface area contributed by atoms with Crippen LogP contribution in [0.1, 0.15) is 11.3 Å². The lowest BCUT2D eigenvalue weighted by Crippen LogP contribution is -1.99. The predicted molar refractivity (Wildman–Crippen MR) is 108 cm³/mol. The van der Waals surface area contributed by atoms with Gasteiger partial charge in [0, 0.05) is 22.1 Å². The lowest BCUT2D eigenvalue weighted by atomic mass is 10.2. The molecule has 132 valence electrons. The van der Waals surface area contributed by atoms with Crippen LogP contribution in [-0.2, 0) is 0 Å². The number of aryl methyl sites for hydroxylation is 1. The predicted octanol–water partition coefficient (Wildman–Crippen LogP) is 4.51. The quantitative estimate of drug-likeness (QED) is 0.423. The maximum Gasteiger partial charge on any atom is 0.200 e. The number of hydrogen-bond acceptors (Lipinski definition) is 4. The third kappa shape index (κ3) is 2.46. The van der Waals surface area contributed by atoms with Crippen molar-refractivity contribution < 1.29 is 0 Å². The van der Waals surface area contributed by atoms with E-state index in [2.05, 4.69) is 61.5 Å². The van der Waals surface area contributed by atoms with E-state index in [9.17, 15) is 0 Å². The van der Waals surface area contributed by atoms with Gasteiger partial charge in [-0.2, -0.15) is 0 Å². The number of nitrogens with zero attached hydrogens (tertiary/aromatic N) is 6. The van der Waals surface area contributed by atoms with Gasteiger partial charge in [-0.1, -0.05) is 22.0 Å². The first kappa shape index (κ1) is 16.1. The molecule has 0 fully saturated rings. The Bertz CT molecular complexity index is 1290. The van der Waals surface area contributed by atoms with Crippen molar-refractivity contribution in [2.24, 2.45) is 0 Å². The average molecular weight is 419 g/mol. The van der Waals surface area contributed by atoms with Crippen LogP contribution in [-0.4, -0.2) is 29.1 Å². The minimum absolute atomic E-state index is 0.596. The molecule has 0 aliphatic carbocycles. The molecule has 0 saturated heterocycles. The van der Waals surface area contributed by atoms with E-state index in [0.29, 0.717) is 5.82 Å². The largest absolute Gasteiger partial charge is 0.298 e. The summed E-state index contributed by atoms with van der Waals surface area (Å²) < 4.78 is 4.93. The number of pyridine rings is 1.